The van der Waals surface area contributed by atoms with Crippen molar-refractivity contribution in [2.75, 3.05) is 33.7 Å². The van der Waals surface area contributed by atoms with Crippen molar-refractivity contribution in [3.63, 3.8) is 0 Å². The predicted molar refractivity (Wildman–Crippen MR) is 155 cm³/mol. The second kappa shape index (κ2) is 16.9. The Kier molecular flexibility index (Phi) is 13.1. The zero-order valence-electron chi connectivity index (χ0n) is 25.8. The highest BCUT2D eigenvalue weighted by molar-refractivity contribution is 5.98. The molecule has 14 heteroatoms. The van der Waals surface area contributed by atoms with E-state index in [1.54, 1.807) is 26.0 Å². The zero-order chi connectivity index (χ0) is 32.9. The molecule has 1 aliphatic heterocycles. The molecule has 2 aromatic rings. The fourth-order valence-corrected chi connectivity index (χ4v) is 4.27. The number of nitrogens with one attached hydrogen (secondary N) is 1. The van der Waals surface area contributed by atoms with Crippen molar-refractivity contribution in [1.29, 1.82) is 0 Å². The molecule has 0 bridgehead atoms. The Morgan fingerprint density at radius 1 is 1.07 bits per heavy atom. The third-order valence-electron chi connectivity index (χ3n) is 6.59. The monoisotopic (exact) mass is 630 g/mol. The molecule has 1 fully saturated rings. The quantitative estimate of drug-likeness (QED) is 0.147. The highest BCUT2D eigenvalue weighted by atomic mass is 16.7. The molecular weight excluding hydrogens is 592 g/mol. The Balaban J connectivity index is 1.80. The van der Waals surface area contributed by atoms with Crippen molar-refractivity contribution in [2.45, 2.75) is 52.4 Å². The van der Waals surface area contributed by atoms with Gasteiger partial charge < -0.3 is 38.5 Å². The van der Waals surface area contributed by atoms with E-state index in [4.69, 9.17) is 33.2 Å². The van der Waals surface area contributed by atoms with Crippen LogP contribution in [0.15, 0.2) is 42.6 Å². The van der Waals surface area contributed by atoms with E-state index in [9.17, 15) is 24.0 Å². The Hall–Kier alpha value is -4.72. The smallest absolute Gasteiger partial charge is 0.332 e. The van der Waals surface area contributed by atoms with Gasteiger partial charge in [0.25, 0.3) is 5.91 Å². The highest BCUT2D eigenvalue weighted by Crippen LogP contribution is 2.30. The molecule has 1 aliphatic rings. The second-order valence-corrected chi connectivity index (χ2v) is 10.4. The van der Waals surface area contributed by atoms with E-state index in [1.807, 2.05) is 18.2 Å². The Bertz CT molecular complexity index is 1330. The molecule has 1 aromatic heterocycles. The second-order valence-electron chi connectivity index (χ2n) is 10.4. The van der Waals surface area contributed by atoms with E-state index in [0.717, 1.165) is 5.56 Å². The molecule has 4 atom stereocenters. The van der Waals surface area contributed by atoms with Gasteiger partial charge in [0.05, 0.1) is 19.6 Å². The van der Waals surface area contributed by atoms with Crippen molar-refractivity contribution < 1.29 is 57.1 Å². The van der Waals surface area contributed by atoms with Gasteiger partial charge in [-0.15, -0.1) is 0 Å². The lowest BCUT2D eigenvalue weighted by molar-refractivity contribution is -0.176. The fourth-order valence-electron chi connectivity index (χ4n) is 4.27. The van der Waals surface area contributed by atoms with Crippen molar-refractivity contribution >= 4 is 29.8 Å². The maximum absolute atomic E-state index is 13.4. The third kappa shape index (κ3) is 10.2. The number of hydrogen-bond donors (Lipinski definition) is 1. The number of amides is 1. The van der Waals surface area contributed by atoms with Gasteiger partial charge in [0.2, 0.25) is 0 Å². The minimum atomic E-state index is -1.44. The summed E-state index contributed by atoms with van der Waals surface area (Å²) in [6.07, 6.45) is -0.788. The summed E-state index contributed by atoms with van der Waals surface area (Å²) in [6.45, 7) is 5.17. The standard InChI is InChI=1S/C31H38N2O12/c1-18(2)29(36)45-26-19(3)44-31(38)23(16-42-30(37)22(26)15-21-9-7-6-8-10-21)33-28(35)25-27(24(39-5)11-12-32-25)43-17-40-13-14-41-20(4)34/h6-12,18-19,22-23,26H,13-17H2,1-5H3,(H,33,35)/t19-,22?,23-,26-/m0/s1. The number of carbonyl (C=O) groups excluding carboxylic acids is 5. The van der Waals surface area contributed by atoms with Crippen LogP contribution in [-0.2, 0) is 49.3 Å². The molecule has 0 saturated carbocycles. The van der Waals surface area contributed by atoms with Crippen LogP contribution in [0.25, 0.3) is 0 Å². The molecule has 45 heavy (non-hydrogen) atoms. The van der Waals surface area contributed by atoms with Crippen LogP contribution < -0.4 is 14.8 Å². The van der Waals surface area contributed by atoms with Crippen molar-refractivity contribution in [1.82, 2.24) is 10.3 Å². The van der Waals surface area contributed by atoms with Crippen LogP contribution in [0.5, 0.6) is 11.5 Å². The van der Waals surface area contributed by atoms with Gasteiger partial charge in [-0.05, 0) is 18.9 Å². The number of carbonyl (C=O) groups is 5. The molecule has 1 aromatic carbocycles. The first-order valence-electron chi connectivity index (χ1n) is 14.3. The summed E-state index contributed by atoms with van der Waals surface area (Å²) in [5, 5.41) is 2.48. The van der Waals surface area contributed by atoms with E-state index < -0.39 is 66.5 Å². The molecule has 1 saturated heterocycles. The fraction of sp³-hybridized carbons (Fsp3) is 0.484. The minimum absolute atomic E-state index is 0.000872. The van der Waals surface area contributed by atoms with Gasteiger partial charge in [0.1, 0.15) is 25.2 Å². The summed E-state index contributed by atoms with van der Waals surface area (Å²) in [5.41, 5.74) is 0.523. The first kappa shape index (κ1) is 34.8. The maximum atomic E-state index is 13.4. The summed E-state index contributed by atoms with van der Waals surface area (Å²) in [4.78, 5) is 67.6. The largest absolute Gasteiger partial charge is 0.493 e. The van der Waals surface area contributed by atoms with Crippen LogP contribution in [0.1, 0.15) is 43.7 Å². The number of rotatable bonds is 13. The van der Waals surface area contributed by atoms with Crippen LogP contribution in [0.3, 0.4) is 0 Å². The van der Waals surface area contributed by atoms with Crippen molar-refractivity contribution in [2.24, 2.45) is 11.8 Å². The third-order valence-corrected chi connectivity index (χ3v) is 6.59. The van der Waals surface area contributed by atoms with Gasteiger partial charge in [0.15, 0.2) is 36.1 Å². The average Bonchev–Trinajstić information content (AvgIpc) is 3.04. The lowest BCUT2D eigenvalue weighted by Crippen LogP contribution is -2.47. The molecule has 0 radical (unpaired) electrons. The molecule has 0 aliphatic carbocycles. The van der Waals surface area contributed by atoms with Crippen LogP contribution >= 0.6 is 0 Å². The summed E-state index contributed by atoms with van der Waals surface area (Å²) in [6, 6.07) is 9.07. The van der Waals surface area contributed by atoms with Crippen molar-refractivity contribution in [3.05, 3.63) is 53.9 Å². The van der Waals surface area contributed by atoms with Crippen LogP contribution in [0, 0.1) is 11.8 Å². The number of esters is 4. The predicted octanol–water partition coefficient (Wildman–Crippen LogP) is 2.02. The van der Waals surface area contributed by atoms with Crippen LogP contribution in [-0.4, -0.2) is 86.7 Å². The number of aromatic nitrogens is 1. The molecule has 0 spiro atoms. The van der Waals surface area contributed by atoms with E-state index in [2.05, 4.69) is 10.3 Å². The Labute approximate surface area is 260 Å². The van der Waals surface area contributed by atoms with E-state index in [-0.39, 0.29) is 43.6 Å². The van der Waals surface area contributed by atoms with Gasteiger partial charge in [-0.3, -0.25) is 19.2 Å². The molecular formula is C31H38N2O12. The molecule has 1 amide bonds. The number of hydrogen-bond acceptors (Lipinski definition) is 13. The first-order chi connectivity index (χ1) is 21.5. The van der Waals surface area contributed by atoms with Gasteiger partial charge in [-0.1, -0.05) is 44.2 Å². The molecule has 1 unspecified atom stereocenters. The van der Waals surface area contributed by atoms with Gasteiger partial charge in [0, 0.05) is 19.2 Å². The van der Waals surface area contributed by atoms with Gasteiger partial charge >= 0.3 is 23.9 Å². The van der Waals surface area contributed by atoms with Crippen molar-refractivity contribution in [3.8, 4) is 11.5 Å². The van der Waals surface area contributed by atoms with Gasteiger partial charge in [-0.25, -0.2) is 9.78 Å². The average molecular weight is 631 g/mol. The lowest BCUT2D eigenvalue weighted by Gasteiger charge is -2.29. The number of benzene rings is 1. The maximum Gasteiger partial charge on any atom is 0.332 e. The van der Waals surface area contributed by atoms with E-state index >= 15 is 0 Å². The number of cyclic esters (lactones) is 2. The minimum Gasteiger partial charge on any atom is -0.493 e. The highest BCUT2D eigenvalue weighted by Gasteiger charge is 2.42. The molecule has 14 nitrogen and oxygen atoms in total. The topological polar surface area (TPSA) is 175 Å². The molecule has 2 heterocycles. The Morgan fingerprint density at radius 2 is 1.80 bits per heavy atom. The number of ether oxygens (including phenoxy) is 7. The normalized spacial score (nSPS) is 20.0. The zero-order valence-corrected chi connectivity index (χ0v) is 25.8. The van der Waals surface area contributed by atoms with E-state index in [0.29, 0.717) is 0 Å². The number of methoxy groups -OCH3 is 1. The summed E-state index contributed by atoms with van der Waals surface area (Å²) in [7, 11) is 1.36. The molecule has 3 rings (SSSR count). The summed E-state index contributed by atoms with van der Waals surface area (Å²) in [5.74, 6) is -5.02. The van der Waals surface area contributed by atoms with E-state index in [1.165, 1.54) is 33.2 Å². The summed E-state index contributed by atoms with van der Waals surface area (Å²) >= 11 is 0. The lowest BCUT2D eigenvalue weighted by atomic mass is 9.91. The number of pyridine rings is 1. The number of nitrogens with zero attached hydrogens (tertiary/aromatic N) is 1. The van der Waals surface area contributed by atoms with Crippen LogP contribution in [0.4, 0.5) is 0 Å². The molecule has 1 N–H and O–H groups in total. The van der Waals surface area contributed by atoms with Crippen LogP contribution in [0.2, 0.25) is 0 Å². The summed E-state index contributed by atoms with van der Waals surface area (Å²) < 4.78 is 37.7. The Morgan fingerprint density at radius 3 is 2.47 bits per heavy atom. The van der Waals surface area contributed by atoms with Gasteiger partial charge in [-0.2, -0.15) is 0 Å². The molecule has 244 valence electrons. The SMILES string of the molecule is COc1ccnc(C(=O)N[C@H]2COC(=O)C(Cc3ccccc3)[C@@H](OC(=O)C(C)C)[C@H](C)OC2=O)c1OCOCCOC(C)=O. The first-order valence-corrected chi connectivity index (χ1v) is 14.3.